The molecule has 2 aromatic rings. The molecular formula is C13H9N3O. The lowest BCUT2D eigenvalue weighted by atomic mass is 10.1. The van der Waals surface area contributed by atoms with Crippen molar-refractivity contribution in [2.75, 3.05) is 0 Å². The number of fused-ring (bicyclic) bond motifs is 1. The first kappa shape index (κ1) is 9.72. The number of amides is 1. The van der Waals surface area contributed by atoms with Crippen LogP contribution < -0.4 is 5.32 Å². The number of nitrogens with one attached hydrogen (secondary N) is 1. The summed E-state index contributed by atoms with van der Waals surface area (Å²) >= 11 is 0. The highest BCUT2D eigenvalue weighted by Crippen LogP contribution is 2.18. The van der Waals surface area contributed by atoms with Crippen molar-refractivity contribution < 1.29 is 4.79 Å². The highest BCUT2D eigenvalue weighted by molar-refractivity contribution is 6.23. The minimum absolute atomic E-state index is 0.108. The Balaban J connectivity index is 2.08. The quantitative estimate of drug-likeness (QED) is 0.802. The van der Waals surface area contributed by atoms with E-state index in [1.165, 1.54) is 0 Å². The standard InChI is InChI=1S/C13H9N3O/c17-13-11-6-2-1-5-10(11)12(16-13)15-9-4-3-7-14-8-9/h1-8H,(H,15,16,17). The van der Waals surface area contributed by atoms with Gasteiger partial charge in [0, 0.05) is 11.8 Å². The van der Waals surface area contributed by atoms with Gasteiger partial charge in [0.25, 0.3) is 5.91 Å². The van der Waals surface area contributed by atoms with Gasteiger partial charge in [-0.15, -0.1) is 0 Å². The molecule has 1 aromatic heterocycles. The molecule has 17 heavy (non-hydrogen) atoms. The van der Waals surface area contributed by atoms with E-state index in [9.17, 15) is 4.79 Å². The number of aromatic nitrogens is 1. The second-order valence-electron chi connectivity index (χ2n) is 3.67. The Morgan fingerprint density at radius 2 is 1.88 bits per heavy atom. The summed E-state index contributed by atoms with van der Waals surface area (Å²) in [7, 11) is 0. The number of carbonyl (C=O) groups excluding carboxylic acids is 1. The number of carbonyl (C=O) groups is 1. The van der Waals surface area contributed by atoms with Crippen LogP contribution in [0.15, 0.2) is 53.8 Å². The van der Waals surface area contributed by atoms with Crippen LogP contribution in [-0.2, 0) is 0 Å². The van der Waals surface area contributed by atoms with Crippen molar-refractivity contribution >= 4 is 17.4 Å². The maximum absolute atomic E-state index is 11.7. The Hall–Kier alpha value is -2.49. The molecule has 0 saturated carbocycles. The van der Waals surface area contributed by atoms with Gasteiger partial charge in [-0.3, -0.25) is 9.78 Å². The molecule has 0 saturated heterocycles. The summed E-state index contributed by atoms with van der Waals surface area (Å²) in [4.78, 5) is 20.0. The number of nitrogens with zero attached hydrogens (tertiary/aromatic N) is 2. The topological polar surface area (TPSA) is 54.4 Å². The number of amidine groups is 1. The summed E-state index contributed by atoms with van der Waals surface area (Å²) in [5, 5.41) is 2.75. The number of benzene rings is 1. The molecule has 1 aliphatic rings. The second kappa shape index (κ2) is 3.83. The van der Waals surface area contributed by atoms with Crippen LogP contribution in [0.5, 0.6) is 0 Å². The van der Waals surface area contributed by atoms with Crippen LogP contribution in [0.4, 0.5) is 5.69 Å². The summed E-state index contributed by atoms with van der Waals surface area (Å²) in [6, 6.07) is 11.0. The molecule has 1 amide bonds. The third-order valence-corrected chi connectivity index (χ3v) is 2.55. The summed E-state index contributed by atoms with van der Waals surface area (Å²) in [6.07, 6.45) is 3.34. The fraction of sp³-hybridized carbons (Fsp3) is 0. The Labute approximate surface area is 98.0 Å². The Morgan fingerprint density at radius 3 is 2.65 bits per heavy atom. The number of pyridine rings is 1. The van der Waals surface area contributed by atoms with Crippen molar-refractivity contribution in [3.63, 3.8) is 0 Å². The van der Waals surface area contributed by atoms with Gasteiger partial charge in [0.15, 0.2) is 0 Å². The first-order valence-corrected chi connectivity index (χ1v) is 5.24. The molecular weight excluding hydrogens is 214 g/mol. The molecule has 3 rings (SSSR count). The summed E-state index contributed by atoms with van der Waals surface area (Å²) in [5.41, 5.74) is 2.22. The predicted octanol–water partition coefficient (Wildman–Crippen LogP) is 1.90. The summed E-state index contributed by atoms with van der Waals surface area (Å²) < 4.78 is 0. The van der Waals surface area contributed by atoms with E-state index in [-0.39, 0.29) is 5.91 Å². The van der Waals surface area contributed by atoms with Gasteiger partial charge >= 0.3 is 0 Å². The molecule has 1 aromatic carbocycles. The zero-order valence-electron chi connectivity index (χ0n) is 8.92. The maximum Gasteiger partial charge on any atom is 0.257 e. The van der Waals surface area contributed by atoms with Crippen molar-refractivity contribution in [1.29, 1.82) is 0 Å². The Kier molecular flexibility index (Phi) is 2.19. The Morgan fingerprint density at radius 1 is 1.06 bits per heavy atom. The molecule has 0 atom stereocenters. The van der Waals surface area contributed by atoms with E-state index < -0.39 is 0 Å². The van der Waals surface area contributed by atoms with Crippen LogP contribution in [-0.4, -0.2) is 16.7 Å². The zero-order valence-corrected chi connectivity index (χ0v) is 8.92. The first-order valence-electron chi connectivity index (χ1n) is 5.24. The number of hydrogen-bond donors (Lipinski definition) is 1. The van der Waals surface area contributed by atoms with Gasteiger partial charge in [-0.25, -0.2) is 4.99 Å². The lowest BCUT2D eigenvalue weighted by Crippen LogP contribution is -2.21. The molecule has 0 bridgehead atoms. The monoisotopic (exact) mass is 223 g/mol. The van der Waals surface area contributed by atoms with Crippen LogP contribution in [0, 0.1) is 0 Å². The van der Waals surface area contributed by atoms with E-state index in [4.69, 9.17) is 0 Å². The van der Waals surface area contributed by atoms with Crippen molar-refractivity contribution in [2.24, 2.45) is 4.99 Å². The fourth-order valence-electron chi connectivity index (χ4n) is 1.77. The number of hydrogen-bond acceptors (Lipinski definition) is 3. The van der Waals surface area contributed by atoms with Gasteiger partial charge in [0.05, 0.1) is 17.4 Å². The normalized spacial score (nSPS) is 15.8. The van der Waals surface area contributed by atoms with E-state index in [1.807, 2.05) is 30.3 Å². The van der Waals surface area contributed by atoms with Crippen LogP contribution >= 0.6 is 0 Å². The SMILES string of the molecule is O=C1NC(=Nc2cccnc2)c2ccccc21. The summed E-state index contributed by atoms with van der Waals surface area (Å²) in [6.45, 7) is 0. The molecule has 2 heterocycles. The molecule has 4 heteroatoms. The van der Waals surface area contributed by atoms with Gasteiger partial charge in [-0.2, -0.15) is 0 Å². The lowest BCUT2D eigenvalue weighted by Gasteiger charge is -1.98. The smallest absolute Gasteiger partial charge is 0.257 e. The van der Waals surface area contributed by atoms with E-state index >= 15 is 0 Å². The van der Waals surface area contributed by atoms with Crippen LogP contribution in [0.1, 0.15) is 15.9 Å². The van der Waals surface area contributed by atoms with E-state index in [0.717, 1.165) is 11.3 Å². The van der Waals surface area contributed by atoms with Crippen molar-refractivity contribution in [3.05, 3.63) is 59.9 Å². The predicted molar refractivity (Wildman–Crippen MR) is 64.3 cm³/mol. The average Bonchev–Trinajstić information content (AvgIpc) is 2.69. The average molecular weight is 223 g/mol. The first-order chi connectivity index (χ1) is 8.34. The summed E-state index contributed by atoms with van der Waals surface area (Å²) in [5.74, 6) is 0.474. The number of aliphatic imine (C=N–C) groups is 1. The van der Waals surface area contributed by atoms with Crippen molar-refractivity contribution in [2.45, 2.75) is 0 Å². The highest BCUT2D eigenvalue weighted by atomic mass is 16.2. The maximum atomic E-state index is 11.7. The number of rotatable bonds is 1. The molecule has 1 aliphatic heterocycles. The van der Waals surface area contributed by atoms with Gasteiger partial charge in [-0.05, 0) is 18.2 Å². The van der Waals surface area contributed by atoms with Crippen molar-refractivity contribution in [1.82, 2.24) is 10.3 Å². The lowest BCUT2D eigenvalue weighted by molar-refractivity contribution is 0.0983. The molecule has 0 radical (unpaired) electrons. The third-order valence-electron chi connectivity index (χ3n) is 2.55. The van der Waals surface area contributed by atoms with Crippen molar-refractivity contribution in [3.8, 4) is 0 Å². The third kappa shape index (κ3) is 1.69. The highest BCUT2D eigenvalue weighted by Gasteiger charge is 2.23. The van der Waals surface area contributed by atoms with E-state index in [0.29, 0.717) is 11.4 Å². The molecule has 1 N–H and O–H groups in total. The van der Waals surface area contributed by atoms with Gasteiger partial charge in [-0.1, -0.05) is 18.2 Å². The molecule has 0 spiro atoms. The molecule has 4 nitrogen and oxygen atoms in total. The van der Waals surface area contributed by atoms with Crippen LogP contribution in [0.25, 0.3) is 0 Å². The van der Waals surface area contributed by atoms with Gasteiger partial charge in [0.2, 0.25) is 0 Å². The fourth-order valence-corrected chi connectivity index (χ4v) is 1.77. The van der Waals surface area contributed by atoms with E-state index in [1.54, 1.807) is 18.5 Å². The minimum Gasteiger partial charge on any atom is -0.306 e. The van der Waals surface area contributed by atoms with E-state index in [2.05, 4.69) is 15.3 Å². The van der Waals surface area contributed by atoms with Crippen LogP contribution in [0.3, 0.4) is 0 Å². The molecule has 0 unspecified atom stereocenters. The molecule has 0 fully saturated rings. The molecule has 0 aliphatic carbocycles. The zero-order chi connectivity index (χ0) is 11.7. The van der Waals surface area contributed by atoms with Crippen LogP contribution in [0.2, 0.25) is 0 Å². The molecule has 82 valence electrons. The Bertz CT molecular complexity index is 605. The van der Waals surface area contributed by atoms with Gasteiger partial charge in [0.1, 0.15) is 5.84 Å². The minimum atomic E-state index is -0.108. The second-order valence-corrected chi connectivity index (χ2v) is 3.67. The van der Waals surface area contributed by atoms with Gasteiger partial charge < -0.3 is 5.32 Å². The largest absolute Gasteiger partial charge is 0.306 e.